The number of carbonyl (C=O) groups is 1. The average molecular weight is 495 g/mol. The van der Waals surface area contributed by atoms with Gasteiger partial charge >= 0.3 is 35.8 Å². The molecule has 0 radical (unpaired) electrons. The Kier molecular flexibility index (Phi) is 8.00. The van der Waals surface area contributed by atoms with Crippen LogP contribution < -0.4 is 5.11 Å². The molecule has 0 aromatic rings. The molecule has 3 nitrogen and oxygen atoms in total. The summed E-state index contributed by atoms with van der Waals surface area (Å²) in [5.74, 6) is -40.2. The number of hydrogen-bond donors (Lipinski definition) is 0. The maximum absolute atomic E-state index is 13.6. The Morgan fingerprint density at radius 3 is 1.52 bits per heavy atom. The Hall–Kier alpha value is -1.55. The molecular formula is C14H15F14NO2. The van der Waals surface area contributed by atoms with E-state index in [1.807, 2.05) is 0 Å². The maximum Gasteiger partial charge on any atom is 0.460 e. The number of alkyl halides is 14. The Balaban J connectivity index is 5.78. The van der Waals surface area contributed by atoms with Crippen LogP contribution in [0.2, 0.25) is 0 Å². The van der Waals surface area contributed by atoms with Gasteiger partial charge in [0.1, 0.15) is 6.54 Å². The van der Waals surface area contributed by atoms with Gasteiger partial charge in [-0.1, -0.05) is 0 Å². The van der Waals surface area contributed by atoms with Crippen molar-refractivity contribution in [2.45, 2.75) is 54.8 Å². The molecule has 0 aromatic heterocycles. The van der Waals surface area contributed by atoms with Gasteiger partial charge in [-0.05, 0) is 12.8 Å². The van der Waals surface area contributed by atoms with Gasteiger partial charge in [-0.3, -0.25) is 0 Å². The van der Waals surface area contributed by atoms with Crippen molar-refractivity contribution in [2.24, 2.45) is 0 Å². The Morgan fingerprint density at radius 2 is 1.16 bits per heavy atom. The molecule has 0 aliphatic rings. The molecule has 0 heterocycles. The SMILES string of the molecule is C[N+](C)(CCCC(F)C(F)(F)C(F)(F)C(F)(F)C(F)(F)C(F)(F)C(F)(F)F)CC(=O)[O-]. The van der Waals surface area contributed by atoms with E-state index in [4.69, 9.17) is 0 Å². The molecule has 186 valence electrons. The van der Waals surface area contributed by atoms with E-state index >= 15 is 0 Å². The standard InChI is InChI=1S/C14H15F14NO2/c1-29(2,6-8(30)31)5-3-4-7(15)9(16,17)10(18,19)11(20,21)12(22,23)13(24,25)14(26,27)28/h7H,3-6H2,1-2H3. The second-order valence-corrected chi connectivity index (χ2v) is 7.22. The average Bonchev–Trinajstić information content (AvgIpc) is 2.51. The van der Waals surface area contributed by atoms with Crippen molar-refractivity contribution < 1.29 is 75.8 Å². The molecule has 0 bridgehead atoms. The number of carboxylic acids is 1. The first-order valence-corrected chi connectivity index (χ1v) is 7.91. The lowest BCUT2D eigenvalue weighted by Crippen LogP contribution is -2.71. The van der Waals surface area contributed by atoms with Crippen molar-refractivity contribution in [3.63, 3.8) is 0 Å². The van der Waals surface area contributed by atoms with Crippen molar-refractivity contribution in [1.29, 1.82) is 0 Å². The van der Waals surface area contributed by atoms with E-state index in [-0.39, 0.29) is 0 Å². The summed E-state index contributed by atoms with van der Waals surface area (Å²) in [5, 5.41) is 10.4. The van der Waals surface area contributed by atoms with E-state index in [2.05, 4.69) is 0 Å². The lowest BCUT2D eigenvalue weighted by atomic mass is 9.91. The van der Waals surface area contributed by atoms with Gasteiger partial charge in [0.25, 0.3) is 0 Å². The van der Waals surface area contributed by atoms with E-state index in [0.717, 1.165) is 14.1 Å². The smallest absolute Gasteiger partial charge is 0.460 e. The van der Waals surface area contributed by atoms with E-state index in [9.17, 15) is 71.4 Å². The first kappa shape index (κ1) is 29.5. The normalized spacial score (nSPS) is 16.4. The zero-order valence-corrected chi connectivity index (χ0v) is 15.5. The zero-order valence-electron chi connectivity index (χ0n) is 15.5. The topological polar surface area (TPSA) is 40.1 Å². The van der Waals surface area contributed by atoms with Crippen LogP contribution in [0, 0.1) is 0 Å². The molecule has 0 spiro atoms. The van der Waals surface area contributed by atoms with Crippen LogP contribution in [-0.4, -0.2) is 79.6 Å². The molecule has 0 amide bonds. The summed E-state index contributed by atoms with van der Waals surface area (Å²) in [4.78, 5) is 10.4. The molecule has 0 fully saturated rings. The third-order valence-electron chi connectivity index (χ3n) is 4.13. The summed E-state index contributed by atoms with van der Waals surface area (Å²) in [7, 11) is 2.23. The Bertz CT molecular complexity index is 643. The van der Waals surface area contributed by atoms with Crippen molar-refractivity contribution in [1.82, 2.24) is 0 Å². The van der Waals surface area contributed by atoms with Gasteiger partial charge in [0.15, 0.2) is 6.17 Å². The van der Waals surface area contributed by atoms with Gasteiger partial charge < -0.3 is 14.4 Å². The molecule has 17 heteroatoms. The van der Waals surface area contributed by atoms with Crippen molar-refractivity contribution in [3.8, 4) is 0 Å². The predicted molar refractivity (Wildman–Crippen MR) is 71.8 cm³/mol. The summed E-state index contributed by atoms with van der Waals surface area (Å²) in [5.41, 5.74) is 0. The number of halogens is 14. The maximum atomic E-state index is 13.6. The molecule has 31 heavy (non-hydrogen) atoms. The molecular weight excluding hydrogens is 480 g/mol. The van der Waals surface area contributed by atoms with Gasteiger partial charge in [-0.2, -0.15) is 57.1 Å². The molecule has 1 atom stereocenters. The fourth-order valence-corrected chi connectivity index (χ4v) is 2.29. The molecule has 0 saturated carbocycles. The van der Waals surface area contributed by atoms with Gasteiger partial charge in [-0.25, -0.2) is 4.39 Å². The number of rotatable bonds is 11. The van der Waals surface area contributed by atoms with Gasteiger partial charge in [-0.15, -0.1) is 0 Å². The van der Waals surface area contributed by atoms with Crippen LogP contribution in [-0.2, 0) is 4.79 Å². The highest BCUT2D eigenvalue weighted by molar-refractivity contribution is 5.65. The first-order valence-electron chi connectivity index (χ1n) is 7.91. The molecule has 0 rings (SSSR count). The van der Waals surface area contributed by atoms with E-state index in [1.54, 1.807) is 0 Å². The van der Waals surface area contributed by atoms with Crippen LogP contribution >= 0.6 is 0 Å². The number of quaternary nitrogens is 1. The number of carbonyl (C=O) groups excluding carboxylic acids is 1. The van der Waals surface area contributed by atoms with Crippen LogP contribution in [0.25, 0.3) is 0 Å². The van der Waals surface area contributed by atoms with E-state index in [1.165, 1.54) is 0 Å². The minimum absolute atomic E-state index is 0.561. The number of nitrogens with zero attached hydrogens (tertiary/aromatic N) is 1. The highest BCUT2D eigenvalue weighted by atomic mass is 19.4. The largest absolute Gasteiger partial charge is 0.544 e. The summed E-state index contributed by atoms with van der Waals surface area (Å²) in [6.45, 7) is -1.35. The second-order valence-electron chi connectivity index (χ2n) is 7.22. The quantitative estimate of drug-likeness (QED) is 0.325. The third kappa shape index (κ3) is 5.27. The van der Waals surface area contributed by atoms with E-state index in [0.29, 0.717) is 0 Å². The molecule has 0 saturated heterocycles. The van der Waals surface area contributed by atoms with Crippen molar-refractivity contribution in [2.75, 3.05) is 27.2 Å². The van der Waals surface area contributed by atoms with Gasteiger partial charge in [0.05, 0.1) is 26.6 Å². The minimum atomic E-state index is -8.09. The Morgan fingerprint density at radius 1 is 0.774 bits per heavy atom. The van der Waals surface area contributed by atoms with Gasteiger partial charge in [0, 0.05) is 0 Å². The summed E-state index contributed by atoms with van der Waals surface area (Å²) < 4.78 is 181. The predicted octanol–water partition coefficient (Wildman–Crippen LogP) is 3.67. The lowest BCUT2D eigenvalue weighted by molar-refractivity contribution is -0.885. The molecule has 0 aliphatic carbocycles. The molecule has 0 N–H and O–H groups in total. The molecule has 0 aliphatic heterocycles. The number of aliphatic carboxylic acids is 1. The van der Waals surface area contributed by atoms with Crippen LogP contribution in [0.1, 0.15) is 12.8 Å². The molecule has 1 unspecified atom stereocenters. The van der Waals surface area contributed by atoms with E-state index < -0.39 is 78.3 Å². The van der Waals surface area contributed by atoms with Crippen molar-refractivity contribution in [3.05, 3.63) is 0 Å². The monoisotopic (exact) mass is 495 g/mol. The van der Waals surface area contributed by atoms with Crippen LogP contribution in [0.5, 0.6) is 0 Å². The number of carboxylic acid groups (broad SMARTS) is 1. The number of likely N-dealkylation sites (N-methyl/N-ethyl adjacent to an activating group) is 1. The second kappa shape index (κ2) is 8.42. The third-order valence-corrected chi connectivity index (χ3v) is 4.13. The van der Waals surface area contributed by atoms with Crippen LogP contribution in [0.4, 0.5) is 61.5 Å². The fourth-order valence-electron chi connectivity index (χ4n) is 2.29. The van der Waals surface area contributed by atoms with Crippen LogP contribution in [0.15, 0.2) is 0 Å². The summed E-state index contributed by atoms with van der Waals surface area (Å²) in [6, 6.07) is 0. The summed E-state index contributed by atoms with van der Waals surface area (Å²) in [6.07, 6.45) is -14.6. The number of hydrogen-bond acceptors (Lipinski definition) is 2. The Labute approximate surface area is 165 Å². The minimum Gasteiger partial charge on any atom is -0.544 e. The highest BCUT2D eigenvalue weighted by Crippen LogP contribution is 2.61. The van der Waals surface area contributed by atoms with Crippen LogP contribution in [0.3, 0.4) is 0 Å². The lowest BCUT2D eigenvalue weighted by Gasteiger charge is -2.40. The fraction of sp³-hybridized carbons (Fsp3) is 0.929. The zero-order chi connectivity index (χ0) is 25.5. The van der Waals surface area contributed by atoms with Gasteiger partial charge in [0.2, 0.25) is 0 Å². The first-order chi connectivity index (χ1) is 13.3. The summed E-state index contributed by atoms with van der Waals surface area (Å²) >= 11 is 0. The molecule has 0 aromatic carbocycles. The van der Waals surface area contributed by atoms with Crippen molar-refractivity contribution >= 4 is 5.97 Å². The highest BCUT2D eigenvalue weighted by Gasteiger charge is 2.91.